The molecule has 0 aliphatic heterocycles. The van der Waals surface area contributed by atoms with E-state index >= 15 is 0 Å². The molecule has 0 bridgehead atoms. The van der Waals surface area contributed by atoms with Gasteiger partial charge in [-0.3, -0.25) is 9.59 Å². The van der Waals surface area contributed by atoms with E-state index in [9.17, 15) is 18.4 Å². The summed E-state index contributed by atoms with van der Waals surface area (Å²) >= 11 is 0. The average molecular weight is 433 g/mol. The smallest absolute Gasteiger partial charge is 0.270 e. The first-order chi connectivity index (χ1) is 14.5. The van der Waals surface area contributed by atoms with Crippen LogP contribution in [0.2, 0.25) is 0 Å². The average Bonchev–Trinajstić information content (AvgIpc) is 2.78. The van der Waals surface area contributed by atoms with Crippen LogP contribution in [0.15, 0.2) is 60.8 Å². The zero-order valence-corrected chi connectivity index (χ0v) is 19.3. The van der Waals surface area contributed by atoms with Gasteiger partial charge in [0.1, 0.15) is 0 Å². The normalized spacial score (nSPS) is 11.1. The molecule has 2 rings (SSSR count). The number of carbonyl (C=O) groups is 2. The van der Waals surface area contributed by atoms with E-state index in [-0.39, 0.29) is 29.6 Å². The molecule has 4 nitrogen and oxygen atoms in total. The molecule has 3 N–H and O–H groups in total. The van der Waals surface area contributed by atoms with Crippen LogP contribution in [-0.4, -0.2) is 25.2 Å². The lowest BCUT2D eigenvalue weighted by Gasteiger charge is -2.11. The number of alkyl halides is 2. The molecule has 0 amide bonds. The molecular weight excluding hydrogens is 398 g/mol. The molecule has 6 heteroatoms. The number of Topliss-reactive ketones (excluding diaryl/α,β-unsaturated/α-hetero) is 2. The highest BCUT2D eigenvalue weighted by Gasteiger charge is 2.23. The Balaban J connectivity index is 0.000000639. The predicted molar refractivity (Wildman–Crippen MR) is 124 cm³/mol. The SMILES string of the molecule is C=C(NC)C(C)C(=O)CN.CC.CC(=O)c1ccc(-c2ccc(C(C)(F)F)cc2)cc1. The second-order valence-electron chi connectivity index (χ2n) is 6.77. The van der Waals surface area contributed by atoms with E-state index in [1.54, 1.807) is 38.2 Å². The maximum absolute atomic E-state index is 13.1. The first-order valence-corrected chi connectivity index (χ1v) is 10.2. The largest absolute Gasteiger partial charge is 0.391 e. The zero-order valence-electron chi connectivity index (χ0n) is 19.3. The Bertz CT molecular complexity index is 823. The maximum atomic E-state index is 13.1. The van der Waals surface area contributed by atoms with Crippen molar-refractivity contribution in [2.45, 2.75) is 40.5 Å². The summed E-state index contributed by atoms with van der Waals surface area (Å²) in [6.45, 7) is 11.9. The van der Waals surface area contributed by atoms with Gasteiger partial charge in [0.25, 0.3) is 5.92 Å². The van der Waals surface area contributed by atoms with Crippen molar-refractivity contribution in [3.05, 3.63) is 71.9 Å². The monoisotopic (exact) mass is 432 g/mol. The minimum absolute atomic E-state index is 0.00314. The molecule has 0 aromatic heterocycles. The van der Waals surface area contributed by atoms with Crippen molar-refractivity contribution in [2.75, 3.05) is 13.6 Å². The van der Waals surface area contributed by atoms with Gasteiger partial charge in [0.05, 0.1) is 12.5 Å². The van der Waals surface area contributed by atoms with E-state index < -0.39 is 5.92 Å². The van der Waals surface area contributed by atoms with Gasteiger partial charge in [0, 0.05) is 30.8 Å². The number of nitrogens with two attached hydrogens (primary N) is 1. The van der Waals surface area contributed by atoms with Crippen LogP contribution in [0.5, 0.6) is 0 Å². The van der Waals surface area contributed by atoms with E-state index in [2.05, 4.69) is 11.9 Å². The highest BCUT2D eigenvalue weighted by Crippen LogP contribution is 2.29. The summed E-state index contributed by atoms with van der Waals surface area (Å²) in [5.41, 5.74) is 8.25. The Labute approximate surface area is 184 Å². The molecule has 1 unspecified atom stereocenters. The molecule has 0 radical (unpaired) electrons. The van der Waals surface area contributed by atoms with Crippen LogP contribution < -0.4 is 11.1 Å². The Morgan fingerprint density at radius 1 is 1.03 bits per heavy atom. The Morgan fingerprint density at radius 2 is 1.45 bits per heavy atom. The third kappa shape index (κ3) is 9.22. The number of hydrogen-bond acceptors (Lipinski definition) is 4. The number of halogens is 2. The molecule has 0 heterocycles. The topological polar surface area (TPSA) is 72.2 Å². The molecule has 2 aromatic rings. The van der Waals surface area contributed by atoms with Crippen molar-refractivity contribution in [3.8, 4) is 11.1 Å². The van der Waals surface area contributed by atoms with Gasteiger partial charge < -0.3 is 11.1 Å². The summed E-state index contributed by atoms with van der Waals surface area (Å²) in [7, 11) is 1.74. The van der Waals surface area contributed by atoms with Crippen LogP contribution in [0, 0.1) is 5.92 Å². The van der Waals surface area contributed by atoms with Crippen molar-refractivity contribution in [1.82, 2.24) is 5.32 Å². The van der Waals surface area contributed by atoms with Gasteiger partial charge in [-0.1, -0.05) is 69.0 Å². The number of allylic oxidation sites excluding steroid dienone is 1. The lowest BCUT2D eigenvalue weighted by Crippen LogP contribution is -2.26. The number of carbonyl (C=O) groups excluding carboxylic acids is 2. The summed E-state index contributed by atoms with van der Waals surface area (Å²) in [5.74, 6) is -2.97. The number of benzene rings is 2. The molecular formula is C25H34F2N2O2. The predicted octanol–water partition coefficient (Wildman–Crippen LogP) is 5.58. The van der Waals surface area contributed by atoms with Gasteiger partial charge >= 0.3 is 0 Å². The van der Waals surface area contributed by atoms with Crippen molar-refractivity contribution < 1.29 is 18.4 Å². The molecule has 0 saturated heterocycles. The van der Waals surface area contributed by atoms with Gasteiger partial charge in [-0.15, -0.1) is 0 Å². The van der Waals surface area contributed by atoms with Crippen LogP contribution in [0.3, 0.4) is 0 Å². The number of ketones is 2. The van der Waals surface area contributed by atoms with Gasteiger partial charge in [-0.25, -0.2) is 8.78 Å². The number of rotatable bonds is 7. The van der Waals surface area contributed by atoms with Crippen molar-refractivity contribution in [2.24, 2.45) is 11.7 Å². The Kier molecular flexibility index (Phi) is 12.2. The first-order valence-electron chi connectivity index (χ1n) is 10.2. The fourth-order valence-electron chi connectivity index (χ4n) is 2.44. The molecule has 2 aromatic carbocycles. The summed E-state index contributed by atoms with van der Waals surface area (Å²) in [6, 6.07) is 13.3. The van der Waals surface area contributed by atoms with Gasteiger partial charge in [0.2, 0.25) is 0 Å². The van der Waals surface area contributed by atoms with Crippen LogP contribution in [0.4, 0.5) is 8.78 Å². The summed E-state index contributed by atoms with van der Waals surface area (Å²) in [4.78, 5) is 22.1. The highest BCUT2D eigenvalue weighted by molar-refractivity contribution is 5.94. The van der Waals surface area contributed by atoms with E-state index in [1.165, 1.54) is 19.1 Å². The van der Waals surface area contributed by atoms with E-state index in [4.69, 9.17) is 5.73 Å². The summed E-state index contributed by atoms with van der Waals surface area (Å²) in [5, 5.41) is 2.81. The number of hydrogen-bond donors (Lipinski definition) is 2. The summed E-state index contributed by atoms with van der Waals surface area (Å²) in [6.07, 6.45) is 0. The quantitative estimate of drug-likeness (QED) is 0.561. The second kappa shape index (κ2) is 13.4. The molecule has 0 spiro atoms. The second-order valence-corrected chi connectivity index (χ2v) is 6.77. The molecule has 0 aliphatic carbocycles. The summed E-state index contributed by atoms with van der Waals surface area (Å²) < 4.78 is 26.2. The van der Waals surface area contributed by atoms with Crippen molar-refractivity contribution in [1.29, 1.82) is 0 Å². The molecule has 0 saturated carbocycles. The van der Waals surface area contributed by atoms with Crippen LogP contribution >= 0.6 is 0 Å². The Hall–Kier alpha value is -2.86. The van der Waals surface area contributed by atoms with Gasteiger partial charge in [0.15, 0.2) is 11.6 Å². The maximum Gasteiger partial charge on any atom is 0.270 e. The van der Waals surface area contributed by atoms with Crippen molar-refractivity contribution >= 4 is 11.6 Å². The van der Waals surface area contributed by atoms with E-state index in [0.717, 1.165) is 23.7 Å². The third-order valence-electron chi connectivity index (χ3n) is 4.54. The molecule has 170 valence electrons. The minimum atomic E-state index is -2.82. The number of nitrogens with one attached hydrogen (secondary N) is 1. The fourth-order valence-corrected chi connectivity index (χ4v) is 2.44. The zero-order chi connectivity index (χ0) is 24.2. The van der Waals surface area contributed by atoms with E-state index in [0.29, 0.717) is 5.56 Å². The van der Waals surface area contributed by atoms with Gasteiger partial charge in [-0.05, 0) is 25.0 Å². The van der Waals surface area contributed by atoms with Crippen molar-refractivity contribution in [3.63, 3.8) is 0 Å². The van der Waals surface area contributed by atoms with E-state index in [1.807, 2.05) is 26.0 Å². The lowest BCUT2D eigenvalue weighted by molar-refractivity contribution is -0.120. The van der Waals surface area contributed by atoms with Crippen LogP contribution in [0.1, 0.15) is 50.5 Å². The van der Waals surface area contributed by atoms with Gasteiger partial charge in [-0.2, -0.15) is 0 Å². The molecule has 31 heavy (non-hydrogen) atoms. The standard InChI is InChI=1S/C16H14F2O.C7H14N2O.C2H6/c1-11(19)12-3-5-13(6-4-12)14-7-9-15(10-8-14)16(2,17)18;1-5(6(2)9-3)7(10)4-8;1-2/h3-10H,1-2H3;5,9H,2,4,8H2,1,3H3;1-2H3. The lowest BCUT2D eigenvalue weighted by atomic mass is 10.0. The fraction of sp³-hybridized carbons (Fsp3) is 0.360. The Morgan fingerprint density at radius 3 is 1.77 bits per heavy atom. The van der Waals surface area contributed by atoms with Crippen LogP contribution in [-0.2, 0) is 10.7 Å². The van der Waals surface area contributed by atoms with Crippen LogP contribution in [0.25, 0.3) is 11.1 Å². The molecule has 1 atom stereocenters. The minimum Gasteiger partial charge on any atom is -0.391 e. The highest BCUT2D eigenvalue weighted by atomic mass is 19.3. The molecule has 0 aliphatic rings. The first kappa shape index (κ1) is 28.1. The third-order valence-corrected chi connectivity index (χ3v) is 4.54. The molecule has 0 fully saturated rings.